The number of hydrogen-bond donors (Lipinski definition) is 1. The molecule has 1 N–H and O–H groups in total. The molecule has 2 rings (SSSR count). The summed E-state index contributed by atoms with van der Waals surface area (Å²) < 4.78 is 10.8. The molecule has 94 valence electrons. The Morgan fingerprint density at radius 1 is 0.944 bits per heavy atom. The van der Waals surface area contributed by atoms with Crippen molar-refractivity contribution in [3.8, 4) is 0 Å². The van der Waals surface area contributed by atoms with E-state index >= 15 is 0 Å². The molecule has 2 aromatic rings. The highest BCUT2D eigenvalue weighted by Gasteiger charge is 2.38. The minimum absolute atomic E-state index is 0.340. The second kappa shape index (κ2) is 5.93. The average Bonchev–Trinajstić information content (AvgIpc) is 2.47. The molecule has 0 aliphatic rings. The summed E-state index contributed by atoms with van der Waals surface area (Å²) in [5, 5.41) is 0.712. The maximum Gasteiger partial charge on any atom is 0.534 e. The second-order valence-electron chi connectivity index (χ2n) is 3.93. The Hall–Kier alpha value is -1.46. The van der Waals surface area contributed by atoms with Gasteiger partial charge in [-0.15, -0.1) is 0 Å². The summed E-state index contributed by atoms with van der Waals surface area (Å²) in [5.74, 6) is 0. The van der Waals surface area contributed by atoms with Crippen LogP contribution in [0.5, 0.6) is 0 Å². The van der Waals surface area contributed by atoms with Gasteiger partial charge in [0.15, 0.2) is 0 Å². The average molecular weight is 260 g/mol. The fourth-order valence-electron chi connectivity index (χ4n) is 1.66. The summed E-state index contributed by atoms with van der Waals surface area (Å²) in [5.41, 5.74) is 1.01. The van der Waals surface area contributed by atoms with E-state index in [0.717, 1.165) is 5.56 Å². The van der Waals surface area contributed by atoms with Gasteiger partial charge in [0.1, 0.15) is 0 Å². The molecular formula is C14H16O3Si. The van der Waals surface area contributed by atoms with E-state index in [1.165, 1.54) is 7.11 Å². The smallest absolute Gasteiger partial charge is 0.386 e. The molecule has 4 heteroatoms. The molecule has 18 heavy (non-hydrogen) atoms. The van der Waals surface area contributed by atoms with Crippen LogP contribution < -0.4 is 5.19 Å². The second-order valence-corrected chi connectivity index (χ2v) is 6.36. The predicted molar refractivity (Wildman–Crippen MR) is 72.3 cm³/mol. The molecule has 0 aliphatic carbocycles. The van der Waals surface area contributed by atoms with Gasteiger partial charge in [0, 0.05) is 12.3 Å². The van der Waals surface area contributed by atoms with Crippen molar-refractivity contribution >= 4 is 14.0 Å². The van der Waals surface area contributed by atoms with Crippen LogP contribution in [0, 0.1) is 0 Å². The lowest BCUT2D eigenvalue weighted by Crippen LogP contribution is -2.53. The van der Waals surface area contributed by atoms with E-state index in [1.54, 1.807) is 0 Å². The normalized spacial score (nSPS) is 14.1. The highest BCUT2D eigenvalue weighted by atomic mass is 28.4. The molecule has 0 heterocycles. The Balaban J connectivity index is 2.10. The topological polar surface area (TPSA) is 38.7 Å². The number of benzene rings is 2. The first-order chi connectivity index (χ1) is 8.74. The molecule has 0 saturated heterocycles. The maximum atomic E-state index is 10.4. The van der Waals surface area contributed by atoms with Crippen LogP contribution in [0.25, 0.3) is 0 Å². The van der Waals surface area contributed by atoms with Gasteiger partial charge in [0.05, 0.1) is 6.61 Å². The number of rotatable bonds is 5. The van der Waals surface area contributed by atoms with Crippen molar-refractivity contribution in [1.82, 2.24) is 0 Å². The van der Waals surface area contributed by atoms with Crippen LogP contribution in [-0.4, -0.2) is 20.7 Å². The Labute approximate surface area is 108 Å². The summed E-state index contributed by atoms with van der Waals surface area (Å²) in [7, 11) is -1.81. The SMILES string of the molecule is CO[Si](O)(OCc1ccccc1)c1ccccc1. The van der Waals surface area contributed by atoms with Crippen LogP contribution in [0.2, 0.25) is 0 Å². The highest BCUT2D eigenvalue weighted by molar-refractivity contribution is 6.74. The summed E-state index contributed by atoms with van der Waals surface area (Å²) in [6.07, 6.45) is 0. The molecule has 0 saturated carbocycles. The lowest BCUT2D eigenvalue weighted by atomic mass is 10.2. The minimum Gasteiger partial charge on any atom is -0.386 e. The van der Waals surface area contributed by atoms with Gasteiger partial charge in [-0.05, 0) is 5.56 Å². The fraction of sp³-hybridized carbons (Fsp3) is 0.143. The molecule has 0 fully saturated rings. The number of hydrogen-bond acceptors (Lipinski definition) is 3. The van der Waals surface area contributed by atoms with Crippen molar-refractivity contribution in [2.24, 2.45) is 0 Å². The van der Waals surface area contributed by atoms with Crippen molar-refractivity contribution < 1.29 is 13.6 Å². The summed E-state index contributed by atoms with van der Waals surface area (Å²) in [6.45, 7) is 0.340. The zero-order valence-electron chi connectivity index (χ0n) is 10.2. The van der Waals surface area contributed by atoms with E-state index in [2.05, 4.69) is 0 Å². The molecule has 1 unspecified atom stereocenters. The minimum atomic E-state index is -3.28. The predicted octanol–water partition coefficient (Wildman–Crippen LogP) is 1.69. The summed E-state index contributed by atoms with van der Waals surface area (Å²) in [6, 6.07) is 19.0. The van der Waals surface area contributed by atoms with Crippen LogP contribution in [0.4, 0.5) is 0 Å². The molecule has 0 spiro atoms. The van der Waals surface area contributed by atoms with Gasteiger partial charge >= 0.3 is 8.80 Å². The van der Waals surface area contributed by atoms with Gasteiger partial charge in [-0.3, -0.25) is 0 Å². The first-order valence-electron chi connectivity index (χ1n) is 5.75. The summed E-state index contributed by atoms with van der Waals surface area (Å²) in [4.78, 5) is 10.4. The van der Waals surface area contributed by atoms with Gasteiger partial charge < -0.3 is 13.6 Å². The van der Waals surface area contributed by atoms with Gasteiger partial charge in [-0.1, -0.05) is 60.7 Å². The van der Waals surface area contributed by atoms with Gasteiger partial charge in [0.25, 0.3) is 0 Å². The van der Waals surface area contributed by atoms with Gasteiger partial charge in [-0.25, -0.2) is 0 Å². The maximum absolute atomic E-state index is 10.4. The van der Waals surface area contributed by atoms with Gasteiger partial charge in [-0.2, -0.15) is 0 Å². The molecule has 2 aromatic carbocycles. The molecular weight excluding hydrogens is 244 g/mol. The first-order valence-corrected chi connectivity index (χ1v) is 7.52. The van der Waals surface area contributed by atoms with Crippen molar-refractivity contribution in [3.63, 3.8) is 0 Å². The van der Waals surface area contributed by atoms with Crippen molar-refractivity contribution in [3.05, 3.63) is 66.2 Å². The van der Waals surface area contributed by atoms with E-state index in [9.17, 15) is 4.80 Å². The molecule has 0 aromatic heterocycles. The lowest BCUT2D eigenvalue weighted by molar-refractivity contribution is 0.129. The van der Waals surface area contributed by atoms with Crippen LogP contribution in [-0.2, 0) is 15.5 Å². The van der Waals surface area contributed by atoms with E-state index in [-0.39, 0.29) is 0 Å². The zero-order chi connectivity index (χ0) is 12.8. The Morgan fingerprint density at radius 2 is 1.50 bits per heavy atom. The molecule has 0 aliphatic heterocycles. The Kier molecular flexibility index (Phi) is 4.27. The van der Waals surface area contributed by atoms with Gasteiger partial charge in [0.2, 0.25) is 0 Å². The molecule has 0 bridgehead atoms. The largest absolute Gasteiger partial charge is 0.534 e. The van der Waals surface area contributed by atoms with Crippen molar-refractivity contribution in [1.29, 1.82) is 0 Å². The van der Waals surface area contributed by atoms with Crippen molar-refractivity contribution in [2.75, 3.05) is 7.11 Å². The van der Waals surface area contributed by atoms with Crippen LogP contribution in [0.1, 0.15) is 5.56 Å². The van der Waals surface area contributed by atoms with E-state index in [0.29, 0.717) is 11.8 Å². The quantitative estimate of drug-likeness (QED) is 0.831. The highest BCUT2D eigenvalue weighted by Crippen LogP contribution is 2.08. The monoisotopic (exact) mass is 260 g/mol. The van der Waals surface area contributed by atoms with Crippen LogP contribution >= 0.6 is 0 Å². The Bertz CT molecular complexity index is 475. The third kappa shape index (κ3) is 3.05. The molecule has 3 nitrogen and oxygen atoms in total. The van der Waals surface area contributed by atoms with Crippen LogP contribution in [0.15, 0.2) is 60.7 Å². The molecule has 0 amide bonds. The van der Waals surface area contributed by atoms with Crippen molar-refractivity contribution in [2.45, 2.75) is 6.61 Å². The lowest BCUT2D eigenvalue weighted by Gasteiger charge is -2.22. The third-order valence-electron chi connectivity index (χ3n) is 2.69. The van der Waals surface area contributed by atoms with E-state index < -0.39 is 8.80 Å². The Morgan fingerprint density at radius 3 is 2.06 bits per heavy atom. The first kappa shape index (κ1) is 13.0. The molecule has 0 radical (unpaired) electrons. The molecule has 1 atom stereocenters. The zero-order valence-corrected chi connectivity index (χ0v) is 11.2. The standard InChI is InChI=1S/C14H16O3Si/c1-16-18(15,14-10-6-3-7-11-14)17-12-13-8-4-2-5-9-13/h2-11,15H,12H2,1H3. The van der Waals surface area contributed by atoms with E-state index in [4.69, 9.17) is 8.85 Å². The van der Waals surface area contributed by atoms with E-state index in [1.807, 2.05) is 60.7 Å². The third-order valence-corrected chi connectivity index (χ3v) is 4.84. The van der Waals surface area contributed by atoms with Crippen LogP contribution in [0.3, 0.4) is 0 Å². The summed E-state index contributed by atoms with van der Waals surface area (Å²) >= 11 is 0. The fourth-order valence-corrected chi connectivity index (χ4v) is 3.16.